The third kappa shape index (κ3) is 10.0. The molecular formula is C32H47N3O4. The standard InChI is InChI=1S/C32H47N3O4/c1-8-10-14-20-33-29(36)28(27-23(3)16-15-17-24(27)4)35(21-9-2)30(37)26(22-25-18-12-11-13-19-25)34-31(38)39-32(5,6)7/h11-13,15-19,26,28H,8-10,14,20-22H2,1-7H3,(H,33,36)(H,34,38). The molecule has 0 saturated heterocycles. The minimum Gasteiger partial charge on any atom is -0.444 e. The lowest BCUT2D eigenvalue weighted by molar-refractivity contribution is -0.142. The summed E-state index contributed by atoms with van der Waals surface area (Å²) < 4.78 is 5.50. The maximum absolute atomic E-state index is 14.3. The Morgan fingerprint density at radius 3 is 2.10 bits per heavy atom. The van der Waals surface area contributed by atoms with Gasteiger partial charge in [-0.3, -0.25) is 9.59 Å². The number of aryl methyl sites for hydroxylation is 2. The molecule has 2 unspecified atom stereocenters. The molecular weight excluding hydrogens is 490 g/mol. The molecule has 2 aromatic rings. The number of unbranched alkanes of at least 4 members (excludes halogenated alkanes) is 2. The first-order valence-corrected chi connectivity index (χ1v) is 14.2. The molecule has 39 heavy (non-hydrogen) atoms. The lowest BCUT2D eigenvalue weighted by atomic mass is 9.93. The van der Waals surface area contributed by atoms with Crippen molar-refractivity contribution < 1.29 is 19.1 Å². The highest BCUT2D eigenvalue weighted by Gasteiger charge is 2.37. The molecule has 0 heterocycles. The second-order valence-corrected chi connectivity index (χ2v) is 11.1. The van der Waals surface area contributed by atoms with Gasteiger partial charge in [0.2, 0.25) is 11.8 Å². The van der Waals surface area contributed by atoms with Crippen molar-refractivity contribution in [2.75, 3.05) is 13.1 Å². The molecule has 2 N–H and O–H groups in total. The summed E-state index contributed by atoms with van der Waals surface area (Å²) in [5.41, 5.74) is 2.89. The van der Waals surface area contributed by atoms with Crippen molar-refractivity contribution in [1.82, 2.24) is 15.5 Å². The molecule has 0 fully saturated rings. The van der Waals surface area contributed by atoms with Gasteiger partial charge < -0.3 is 20.3 Å². The predicted octanol–water partition coefficient (Wildman–Crippen LogP) is 6.03. The Morgan fingerprint density at radius 1 is 0.897 bits per heavy atom. The molecule has 0 saturated carbocycles. The Bertz CT molecular complexity index is 1060. The van der Waals surface area contributed by atoms with Crippen LogP contribution < -0.4 is 10.6 Å². The van der Waals surface area contributed by atoms with Crippen LogP contribution in [0.5, 0.6) is 0 Å². The number of hydrogen-bond donors (Lipinski definition) is 2. The summed E-state index contributed by atoms with van der Waals surface area (Å²) in [4.78, 5) is 42.6. The van der Waals surface area contributed by atoms with Crippen LogP contribution >= 0.6 is 0 Å². The molecule has 0 aliphatic rings. The summed E-state index contributed by atoms with van der Waals surface area (Å²) in [5, 5.41) is 5.89. The number of amides is 3. The molecule has 3 amide bonds. The van der Waals surface area contributed by atoms with E-state index in [1.165, 1.54) is 0 Å². The van der Waals surface area contributed by atoms with Gasteiger partial charge >= 0.3 is 6.09 Å². The highest BCUT2D eigenvalue weighted by atomic mass is 16.6. The van der Waals surface area contributed by atoms with Crippen molar-refractivity contribution in [3.8, 4) is 0 Å². The fourth-order valence-corrected chi connectivity index (χ4v) is 4.68. The molecule has 0 aromatic heterocycles. The first kappa shape index (κ1) is 31.9. The summed E-state index contributed by atoms with van der Waals surface area (Å²) >= 11 is 0. The normalized spacial score (nSPS) is 12.8. The molecule has 7 nitrogen and oxygen atoms in total. The fraction of sp³-hybridized carbons (Fsp3) is 0.531. The second kappa shape index (κ2) is 15.3. The van der Waals surface area contributed by atoms with Crippen LogP contribution in [0.2, 0.25) is 0 Å². The first-order valence-electron chi connectivity index (χ1n) is 14.2. The van der Waals surface area contributed by atoms with E-state index in [1.54, 1.807) is 25.7 Å². The summed E-state index contributed by atoms with van der Waals surface area (Å²) in [5.74, 6) is -0.524. The van der Waals surface area contributed by atoms with Crippen LogP contribution in [-0.4, -0.2) is 47.5 Å². The van der Waals surface area contributed by atoms with Gasteiger partial charge in [-0.2, -0.15) is 0 Å². The molecule has 7 heteroatoms. The lowest BCUT2D eigenvalue weighted by Crippen LogP contribution is -2.54. The summed E-state index contributed by atoms with van der Waals surface area (Å²) in [6.45, 7) is 14.3. The van der Waals surface area contributed by atoms with Crippen molar-refractivity contribution in [3.63, 3.8) is 0 Å². The summed E-state index contributed by atoms with van der Waals surface area (Å²) in [6, 6.07) is 13.7. The zero-order valence-electron chi connectivity index (χ0n) is 24.8. The van der Waals surface area contributed by atoms with Crippen LogP contribution in [0.4, 0.5) is 4.79 Å². The van der Waals surface area contributed by atoms with Gasteiger partial charge in [0, 0.05) is 19.5 Å². The Hall–Kier alpha value is -3.35. The van der Waals surface area contributed by atoms with E-state index in [0.29, 0.717) is 19.5 Å². The number of alkyl carbamates (subject to hydrolysis) is 1. The van der Waals surface area contributed by atoms with Gasteiger partial charge in [-0.1, -0.05) is 75.2 Å². The van der Waals surface area contributed by atoms with E-state index < -0.39 is 23.8 Å². The minimum atomic E-state index is -0.909. The SMILES string of the molecule is CCCCCNC(=O)C(c1c(C)cccc1C)N(CCC)C(=O)C(Cc1ccccc1)NC(=O)OC(C)(C)C. The van der Waals surface area contributed by atoms with E-state index in [2.05, 4.69) is 17.6 Å². The number of nitrogens with zero attached hydrogens (tertiary/aromatic N) is 1. The molecule has 2 atom stereocenters. The van der Waals surface area contributed by atoms with E-state index in [4.69, 9.17) is 4.74 Å². The lowest BCUT2D eigenvalue weighted by Gasteiger charge is -2.35. The Kier molecular flexibility index (Phi) is 12.5. The van der Waals surface area contributed by atoms with Crippen molar-refractivity contribution >= 4 is 17.9 Å². The van der Waals surface area contributed by atoms with Gasteiger partial charge in [0.25, 0.3) is 0 Å². The highest BCUT2D eigenvalue weighted by molar-refractivity contribution is 5.92. The number of ether oxygens (including phenoxy) is 1. The highest BCUT2D eigenvalue weighted by Crippen LogP contribution is 2.29. The van der Waals surface area contributed by atoms with Gasteiger partial charge in [0.05, 0.1) is 0 Å². The van der Waals surface area contributed by atoms with Gasteiger partial charge in [-0.25, -0.2) is 4.79 Å². The molecule has 214 valence electrons. The minimum absolute atomic E-state index is 0.207. The van der Waals surface area contributed by atoms with Crippen molar-refractivity contribution in [1.29, 1.82) is 0 Å². The summed E-state index contributed by atoms with van der Waals surface area (Å²) in [6.07, 6.45) is 3.21. The van der Waals surface area contributed by atoms with E-state index in [-0.39, 0.29) is 18.2 Å². The average Bonchev–Trinajstić information content (AvgIpc) is 2.86. The van der Waals surface area contributed by atoms with Gasteiger partial charge in [0.1, 0.15) is 17.7 Å². The third-order valence-corrected chi connectivity index (χ3v) is 6.47. The van der Waals surface area contributed by atoms with Crippen LogP contribution in [0.15, 0.2) is 48.5 Å². The van der Waals surface area contributed by atoms with Crippen molar-refractivity contribution in [2.24, 2.45) is 0 Å². The van der Waals surface area contributed by atoms with E-state index in [9.17, 15) is 14.4 Å². The Morgan fingerprint density at radius 2 is 1.54 bits per heavy atom. The van der Waals surface area contributed by atoms with Crippen LogP contribution in [0.25, 0.3) is 0 Å². The van der Waals surface area contributed by atoms with Gasteiger partial charge in [-0.15, -0.1) is 0 Å². The Labute approximate surface area is 234 Å². The van der Waals surface area contributed by atoms with Crippen molar-refractivity contribution in [2.45, 2.75) is 98.3 Å². The largest absolute Gasteiger partial charge is 0.444 e. The first-order chi connectivity index (χ1) is 18.5. The number of carbonyl (C=O) groups excluding carboxylic acids is 3. The van der Waals surface area contributed by atoms with Crippen LogP contribution in [0, 0.1) is 13.8 Å². The van der Waals surface area contributed by atoms with Crippen LogP contribution in [-0.2, 0) is 20.7 Å². The van der Waals surface area contributed by atoms with E-state index >= 15 is 0 Å². The van der Waals surface area contributed by atoms with E-state index in [0.717, 1.165) is 41.5 Å². The number of rotatable bonds is 13. The zero-order chi connectivity index (χ0) is 29.0. The Balaban J connectivity index is 2.52. The predicted molar refractivity (Wildman–Crippen MR) is 156 cm³/mol. The molecule has 0 spiro atoms. The maximum Gasteiger partial charge on any atom is 0.408 e. The molecule has 0 radical (unpaired) electrons. The van der Waals surface area contributed by atoms with Crippen molar-refractivity contribution in [3.05, 3.63) is 70.8 Å². The summed E-state index contributed by atoms with van der Waals surface area (Å²) in [7, 11) is 0. The number of carbonyl (C=O) groups is 3. The topological polar surface area (TPSA) is 87.7 Å². The monoisotopic (exact) mass is 537 g/mol. The molecule has 2 rings (SSSR count). The quantitative estimate of drug-likeness (QED) is 0.306. The smallest absolute Gasteiger partial charge is 0.408 e. The molecule has 0 aliphatic heterocycles. The van der Waals surface area contributed by atoms with E-state index in [1.807, 2.05) is 69.3 Å². The molecule has 0 bridgehead atoms. The molecule has 0 aliphatic carbocycles. The van der Waals surface area contributed by atoms with Gasteiger partial charge in [0.15, 0.2) is 0 Å². The number of nitrogens with one attached hydrogen (secondary N) is 2. The van der Waals surface area contributed by atoms with Crippen LogP contribution in [0.1, 0.15) is 88.6 Å². The third-order valence-electron chi connectivity index (χ3n) is 6.47. The number of hydrogen-bond acceptors (Lipinski definition) is 4. The molecule has 2 aromatic carbocycles. The fourth-order valence-electron chi connectivity index (χ4n) is 4.68. The van der Waals surface area contributed by atoms with Crippen LogP contribution in [0.3, 0.4) is 0 Å². The maximum atomic E-state index is 14.3. The zero-order valence-corrected chi connectivity index (χ0v) is 24.8. The van der Waals surface area contributed by atoms with Gasteiger partial charge in [-0.05, 0) is 69.7 Å². The average molecular weight is 538 g/mol. The number of benzene rings is 2. The second-order valence-electron chi connectivity index (χ2n) is 11.1.